The van der Waals surface area contributed by atoms with E-state index in [1.54, 1.807) is 17.6 Å². The lowest BCUT2D eigenvalue weighted by atomic mass is 9.96. The van der Waals surface area contributed by atoms with Crippen LogP contribution in [0.5, 0.6) is 5.75 Å². The van der Waals surface area contributed by atoms with E-state index in [1.807, 2.05) is 61.7 Å². The van der Waals surface area contributed by atoms with Gasteiger partial charge in [-0.2, -0.15) is 0 Å². The third-order valence-corrected chi connectivity index (χ3v) is 6.80. The van der Waals surface area contributed by atoms with Gasteiger partial charge in [0.1, 0.15) is 17.1 Å². The van der Waals surface area contributed by atoms with Crippen molar-refractivity contribution >= 4 is 39.6 Å². The quantitative estimate of drug-likeness (QED) is 0.237. The van der Waals surface area contributed by atoms with Crippen LogP contribution in [-0.2, 0) is 9.59 Å². The number of hydrogen-bond donors (Lipinski definition) is 1. The highest BCUT2D eigenvalue weighted by Crippen LogP contribution is 2.43. The molecule has 1 saturated heterocycles. The summed E-state index contributed by atoms with van der Waals surface area (Å²) in [7, 11) is 0. The van der Waals surface area contributed by atoms with Gasteiger partial charge in [0.25, 0.3) is 5.78 Å². The Morgan fingerprint density at radius 2 is 2.03 bits per heavy atom. The molecule has 4 aromatic rings. The van der Waals surface area contributed by atoms with Gasteiger partial charge in [-0.1, -0.05) is 25.1 Å². The monoisotopic (exact) mass is 488 g/mol. The molecule has 5 rings (SSSR count). The molecule has 0 aliphatic carbocycles. The molecule has 8 nitrogen and oxygen atoms in total. The van der Waals surface area contributed by atoms with Crippen LogP contribution in [-0.4, -0.2) is 37.8 Å². The minimum atomic E-state index is -0.878. The summed E-state index contributed by atoms with van der Waals surface area (Å²) < 4.78 is 7.65. The van der Waals surface area contributed by atoms with Crippen LogP contribution in [0, 0.1) is 13.8 Å². The number of aromatic nitrogens is 3. The first kappa shape index (κ1) is 22.8. The van der Waals surface area contributed by atoms with E-state index in [-0.39, 0.29) is 17.0 Å². The highest BCUT2D eigenvalue weighted by atomic mass is 32.1. The molecule has 0 bridgehead atoms. The molecule has 1 amide bonds. The summed E-state index contributed by atoms with van der Waals surface area (Å²) in [6.07, 6.45) is 4.27. The molecule has 1 atom stereocenters. The number of thiazole rings is 1. The van der Waals surface area contributed by atoms with Gasteiger partial charge >= 0.3 is 5.91 Å². The second-order valence-electron chi connectivity index (χ2n) is 8.34. The predicted molar refractivity (Wildman–Crippen MR) is 134 cm³/mol. The number of ketones is 1. The smallest absolute Gasteiger partial charge is 0.301 e. The Balaban J connectivity index is 1.73. The summed E-state index contributed by atoms with van der Waals surface area (Å²) in [6, 6.07) is 10.2. The van der Waals surface area contributed by atoms with Gasteiger partial charge in [-0.15, -0.1) is 11.3 Å². The van der Waals surface area contributed by atoms with E-state index >= 15 is 0 Å². The molecule has 4 heterocycles. The number of rotatable bonds is 6. The zero-order valence-corrected chi connectivity index (χ0v) is 20.4. The van der Waals surface area contributed by atoms with Crippen molar-refractivity contribution in [2.45, 2.75) is 33.2 Å². The fourth-order valence-corrected chi connectivity index (χ4v) is 5.02. The number of Topliss-reactive ketones (excluding diaryl/α,β-unsaturated/α-hetero) is 1. The van der Waals surface area contributed by atoms with Gasteiger partial charge in [-0.3, -0.25) is 14.5 Å². The number of fused-ring (bicyclic) bond motifs is 1. The third kappa shape index (κ3) is 3.77. The van der Waals surface area contributed by atoms with E-state index in [9.17, 15) is 14.7 Å². The first-order valence-electron chi connectivity index (χ1n) is 11.3. The number of amides is 1. The normalized spacial score (nSPS) is 17.5. The van der Waals surface area contributed by atoms with Crippen molar-refractivity contribution < 1.29 is 19.4 Å². The molecule has 0 radical (unpaired) electrons. The molecule has 0 spiro atoms. The number of imidazole rings is 1. The summed E-state index contributed by atoms with van der Waals surface area (Å²) in [4.78, 5) is 36.8. The molecule has 1 fully saturated rings. The average molecular weight is 489 g/mol. The van der Waals surface area contributed by atoms with Crippen LogP contribution in [0.3, 0.4) is 0 Å². The number of benzene rings is 1. The Labute approximate surface area is 206 Å². The van der Waals surface area contributed by atoms with Crippen molar-refractivity contribution in [2.75, 3.05) is 11.5 Å². The van der Waals surface area contributed by atoms with Crippen LogP contribution < -0.4 is 9.64 Å². The Bertz CT molecular complexity index is 1470. The summed E-state index contributed by atoms with van der Waals surface area (Å²) in [5.41, 5.74) is 3.14. The van der Waals surface area contributed by atoms with Gasteiger partial charge < -0.3 is 14.2 Å². The van der Waals surface area contributed by atoms with E-state index in [0.717, 1.165) is 12.0 Å². The molecule has 1 aliphatic rings. The summed E-state index contributed by atoms with van der Waals surface area (Å²) >= 11 is 1.25. The van der Waals surface area contributed by atoms with Crippen LogP contribution in [0.2, 0.25) is 0 Å². The van der Waals surface area contributed by atoms with E-state index in [0.29, 0.717) is 34.4 Å². The predicted octanol–water partition coefficient (Wildman–Crippen LogP) is 4.82. The molecule has 0 saturated carbocycles. The molecule has 9 heteroatoms. The molecular formula is C26H24N4O4S. The van der Waals surface area contributed by atoms with Gasteiger partial charge in [0.15, 0.2) is 10.9 Å². The van der Waals surface area contributed by atoms with Crippen LogP contribution in [0.4, 0.5) is 5.13 Å². The fraction of sp³-hybridized carbons (Fsp3) is 0.231. The lowest BCUT2D eigenvalue weighted by Gasteiger charge is -2.23. The number of ether oxygens (including phenoxy) is 1. The highest BCUT2D eigenvalue weighted by Gasteiger charge is 2.48. The average Bonchev–Trinajstić information content (AvgIpc) is 3.56. The second-order valence-corrected chi connectivity index (χ2v) is 9.21. The van der Waals surface area contributed by atoms with E-state index in [4.69, 9.17) is 4.74 Å². The molecule has 3 aromatic heterocycles. The van der Waals surface area contributed by atoms with Crippen LogP contribution in [0.15, 0.2) is 59.7 Å². The molecule has 1 unspecified atom stereocenters. The van der Waals surface area contributed by atoms with Gasteiger partial charge in [0.2, 0.25) is 0 Å². The molecule has 178 valence electrons. The Kier molecular flexibility index (Phi) is 5.86. The Morgan fingerprint density at radius 1 is 1.20 bits per heavy atom. The maximum Gasteiger partial charge on any atom is 0.301 e. The molecule has 1 N–H and O–H groups in total. The van der Waals surface area contributed by atoms with Crippen LogP contribution in [0.1, 0.15) is 41.9 Å². The van der Waals surface area contributed by atoms with Gasteiger partial charge in [0, 0.05) is 17.8 Å². The zero-order chi connectivity index (χ0) is 24.7. The fourth-order valence-electron chi connectivity index (χ4n) is 4.35. The van der Waals surface area contributed by atoms with E-state index < -0.39 is 17.7 Å². The van der Waals surface area contributed by atoms with Crippen molar-refractivity contribution in [3.8, 4) is 5.75 Å². The number of aryl methyl sites for hydroxylation is 2. The van der Waals surface area contributed by atoms with Crippen molar-refractivity contribution in [3.63, 3.8) is 0 Å². The van der Waals surface area contributed by atoms with Crippen LogP contribution >= 0.6 is 11.3 Å². The van der Waals surface area contributed by atoms with E-state index in [1.165, 1.54) is 16.2 Å². The number of anilines is 1. The number of aliphatic hydroxyl groups excluding tert-OH is 1. The second kappa shape index (κ2) is 8.99. The minimum Gasteiger partial charge on any atom is -0.505 e. The lowest BCUT2D eigenvalue weighted by Crippen LogP contribution is -2.29. The lowest BCUT2D eigenvalue weighted by molar-refractivity contribution is -0.132. The molecule has 35 heavy (non-hydrogen) atoms. The molecule has 1 aromatic carbocycles. The number of pyridine rings is 1. The van der Waals surface area contributed by atoms with Gasteiger partial charge in [-0.25, -0.2) is 9.97 Å². The first-order chi connectivity index (χ1) is 16.9. The Hall–Kier alpha value is -3.98. The Morgan fingerprint density at radius 3 is 2.74 bits per heavy atom. The zero-order valence-electron chi connectivity index (χ0n) is 19.6. The summed E-state index contributed by atoms with van der Waals surface area (Å²) in [6.45, 7) is 6.30. The maximum atomic E-state index is 13.4. The minimum absolute atomic E-state index is 0.0259. The number of aliphatic hydroxyl groups is 1. The SMILES string of the molecule is CCCOc1cccc(C2/C(=C(\O)c3nc4c(C)cccn4c3C)C(=O)C(=O)N2c2nccs2)c1. The topological polar surface area (TPSA) is 97.0 Å². The van der Waals surface area contributed by atoms with Crippen LogP contribution in [0.25, 0.3) is 11.4 Å². The van der Waals surface area contributed by atoms with Gasteiger partial charge in [-0.05, 0) is 49.6 Å². The standard InChI is InChI=1S/C26H24N4O4S/c1-4-12-34-18-9-5-8-17(14-18)21-19(23(32)25(33)30(21)26-27-10-13-35-26)22(31)20-16(3)29-11-6-7-15(2)24(29)28-20/h5-11,13-14,21,31H,4,12H2,1-3H3/b22-19+. The van der Waals surface area contributed by atoms with Gasteiger partial charge in [0.05, 0.1) is 23.9 Å². The number of carbonyl (C=O) groups is 2. The van der Waals surface area contributed by atoms with Crippen molar-refractivity contribution in [3.05, 3.63) is 82.3 Å². The third-order valence-electron chi connectivity index (χ3n) is 6.02. The summed E-state index contributed by atoms with van der Waals surface area (Å²) in [5.74, 6) is -1.22. The largest absolute Gasteiger partial charge is 0.505 e. The highest BCUT2D eigenvalue weighted by molar-refractivity contribution is 7.14. The molecule has 1 aliphatic heterocycles. The first-order valence-corrected chi connectivity index (χ1v) is 12.2. The van der Waals surface area contributed by atoms with Crippen molar-refractivity contribution in [1.29, 1.82) is 0 Å². The number of nitrogens with zero attached hydrogens (tertiary/aromatic N) is 4. The van der Waals surface area contributed by atoms with Crippen molar-refractivity contribution in [1.82, 2.24) is 14.4 Å². The number of carbonyl (C=O) groups excluding carboxylic acids is 2. The maximum absolute atomic E-state index is 13.4. The summed E-state index contributed by atoms with van der Waals surface area (Å²) in [5, 5.41) is 13.6. The van der Waals surface area contributed by atoms with E-state index in [2.05, 4.69) is 9.97 Å². The molecular weight excluding hydrogens is 464 g/mol. The number of hydrogen-bond acceptors (Lipinski definition) is 7. The van der Waals surface area contributed by atoms with Crippen molar-refractivity contribution in [2.24, 2.45) is 0 Å².